The van der Waals surface area contributed by atoms with E-state index in [-0.39, 0.29) is 5.78 Å². The van der Waals surface area contributed by atoms with E-state index < -0.39 is 0 Å². The van der Waals surface area contributed by atoms with Crippen LogP contribution in [-0.2, 0) is 0 Å². The summed E-state index contributed by atoms with van der Waals surface area (Å²) in [4.78, 5) is 17.5. The molecule has 0 aliphatic carbocycles. The van der Waals surface area contributed by atoms with Crippen molar-refractivity contribution in [3.63, 3.8) is 0 Å². The SMILES string of the molecule is CCCCCCCCOc1ccc(C(=O)CN2CCN(C)CC2)cc1OCCCCCCCC. The van der Waals surface area contributed by atoms with Gasteiger partial charge in [-0.25, -0.2) is 0 Å². The average Bonchev–Trinajstić information content (AvgIpc) is 2.84. The van der Waals surface area contributed by atoms with Crippen molar-refractivity contribution in [3.8, 4) is 11.5 Å². The minimum Gasteiger partial charge on any atom is -0.490 e. The maximum atomic E-state index is 13.0. The maximum absolute atomic E-state index is 13.0. The van der Waals surface area contributed by atoms with Gasteiger partial charge in [-0.3, -0.25) is 9.69 Å². The monoisotopic (exact) mass is 474 g/mol. The quantitative estimate of drug-likeness (QED) is 0.167. The summed E-state index contributed by atoms with van der Waals surface area (Å²) in [5, 5.41) is 0. The third-order valence-corrected chi connectivity index (χ3v) is 6.74. The molecule has 0 radical (unpaired) electrons. The van der Waals surface area contributed by atoms with Gasteiger partial charge < -0.3 is 14.4 Å². The molecule has 1 heterocycles. The highest BCUT2D eigenvalue weighted by molar-refractivity contribution is 5.98. The van der Waals surface area contributed by atoms with E-state index in [2.05, 4.69) is 30.7 Å². The van der Waals surface area contributed by atoms with Crippen molar-refractivity contribution in [2.75, 3.05) is 53.0 Å². The molecule has 5 heteroatoms. The smallest absolute Gasteiger partial charge is 0.176 e. The van der Waals surface area contributed by atoms with Crippen LogP contribution in [0.4, 0.5) is 0 Å². The number of carbonyl (C=O) groups is 1. The number of rotatable bonds is 19. The number of hydrogen-bond acceptors (Lipinski definition) is 5. The molecule has 2 rings (SSSR count). The van der Waals surface area contributed by atoms with Crippen molar-refractivity contribution in [1.82, 2.24) is 9.80 Å². The first-order chi connectivity index (χ1) is 16.6. The largest absolute Gasteiger partial charge is 0.490 e. The number of likely N-dealkylation sites (N-methyl/N-ethyl adjacent to an activating group) is 1. The highest BCUT2D eigenvalue weighted by atomic mass is 16.5. The fourth-order valence-electron chi connectivity index (χ4n) is 4.34. The molecule has 0 bridgehead atoms. The standard InChI is InChI=1S/C29H50N2O3/c1-4-6-8-10-12-14-22-33-28-17-16-26(27(32)25-31-20-18-30(3)19-21-31)24-29(28)34-23-15-13-11-9-7-5-2/h16-17,24H,4-15,18-23,25H2,1-3H3. The van der Waals surface area contributed by atoms with E-state index in [9.17, 15) is 4.79 Å². The summed E-state index contributed by atoms with van der Waals surface area (Å²) in [7, 11) is 2.14. The van der Waals surface area contributed by atoms with Crippen LogP contribution in [0.1, 0.15) is 101 Å². The normalized spacial score (nSPS) is 14.9. The summed E-state index contributed by atoms with van der Waals surface area (Å²) >= 11 is 0. The summed E-state index contributed by atoms with van der Waals surface area (Å²) in [5.41, 5.74) is 0.726. The Hall–Kier alpha value is -1.59. The van der Waals surface area contributed by atoms with Crippen LogP contribution in [0, 0.1) is 0 Å². The van der Waals surface area contributed by atoms with Crippen LogP contribution in [0.25, 0.3) is 0 Å². The number of ether oxygens (including phenoxy) is 2. The second kappa shape index (κ2) is 17.8. The second-order valence-electron chi connectivity index (χ2n) is 9.90. The number of hydrogen-bond donors (Lipinski definition) is 0. The Kier molecular flexibility index (Phi) is 15.0. The molecule has 1 aliphatic heterocycles. The van der Waals surface area contributed by atoms with Crippen LogP contribution in [0.15, 0.2) is 18.2 Å². The van der Waals surface area contributed by atoms with Gasteiger partial charge in [0.15, 0.2) is 17.3 Å². The van der Waals surface area contributed by atoms with Crippen molar-refractivity contribution in [2.45, 2.75) is 90.9 Å². The van der Waals surface area contributed by atoms with E-state index >= 15 is 0 Å². The zero-order valence-corrected chi connectivity index (χ0v) is 22.3. The summed E-state index contributed by atoms with van der Waals surface area (Å²) in [6.45, 7) is 10.3. The van der Waals surface area contributed by atoms with Crippen molar-refractivity contribution in [2.24, 2.45) is 0 Å². The number of piperazine rings is 1. The van der Waals surface area contributed by atoms with E-state index in [1.54, 1.807) is 0 Å². The minimum absolute atomic E-state index is 0.163. The van der Waals surface area contributed by atoms with Gasteiger partial charge in [-0.15, -0.1) is 0 Å². The molecule has 5 nitrogen and oxygen atoms in total. The van der Waals surface area contributed by atoms with E-state index in [4.69, 9.17) is 9.47 Å². The summed E-state index contributed by atoms with van der Waals surface area (Å²) in [5.74, 6) is 1.66. The van der Waals surface area contributed by atoms with Crippen molar-refractivity contribution in [1.29, 1.82) is 0 Å². The number of nitrogens with zero attached hydrogens (tertiary/aromatic N) is 2. The van der Waals surface area contributed by atoms with E-state index in [1.165, 1.54) is 64.2 Å². The molecular weight excluding hydrogens is 424 g/mol. The first-order valence-electron chi connectivity index (χ1n) is 14.0. The molecule has 34 heavy (non-hydrogen) atoms. The Morgan fingerprint density at radius 1 is 0.735 bits per heavy atom. The minimum atomic E-state index is 0.163. The molecule has 0 amide bonds. The van der Waals surface area contributed by atoms with Crippen molar-refractivity contribution < 1.29 is 14.3 Å². The first-order valence-corrected chi connectivity index (χ1v) is 14.0. The third kappa shape index (κ3) is 11.7. The molecule has 1 saturated heterocycles. The molecular formula is C29H50N2O3. The van der Waals surface area contributed by atoms with Gasteiger partial charge in [-0.1, -0.05) is 78.1 Å². The summed E-state index contributed by atoms with van der Waals surface area (Å²) in [6.07, 6.45) is 14.8. The topological polar surface area (TPSA) is 42.0 Å². The molecule has 0 aromatic heterocycles. The van der Waals surface area contributed by atoms with Gasteiger partial charge in [0.25, 0.3) is 0 Å². The molecule has 0 spiro atoms. The van der Waals surface area contributed by atoms with Crippen LogP contribution in [-0.4, -0.2) is 68.6 Å². The summed E-state index contributed by atoms with van der Waals surface area (Å²) in [6, 6.07) is 5.75. The molecule has 1 aromatic rings. The lowest BCUT2D eigenvalue weighted by Gasteiger charge is -2.31. The molecule has 1 aliphatic rings. The molecule has 0 N–H and O–H groups in total. The van der Waals surface area contributed by atoms with Crippen molar-refractivity contribution >= 4 is 5.78 Å². The van der Waals surface area contributed by atoms with Gasteiger partial charge in [0.1, 0.15) is 0 Å². The number of unbranched alkanes of at least 4 members (excludes halogenated alkanes) is 10. The molecule has 0 saturated carbocycles. The predicted molar refractivity (Wildman–Crippen MR) is 142 cm³/mol. The fourth-order valence-corrected chi connectivity index (χ4v) is 4.34. The van der Waals surface area contributed by atoms with Gasteiger partial charge in [-0.05, 0) is 38.1 Å². The van der Waals surface area contributed by atoms with E-state index in [0.717, 1.165) is 56.1 Å². The van der Waals surface area contributed by atoms with Gasteiger partial charge in [0.2, 0.25) is 0 Å². The zero-order valence-electron chi connectivity index (χ0n) is 22.3. The molecule has 1 aromatic carbocycles. The molecule has 0 atom stereocenters. The van der Waals surface area contributed by atoms with Gasteiger partial charge in [-0.2, -0.15) is 0 Å². The average molecular weight is 475 g/mol. The Balaban J connectivity index is 1.88. The van der Waals surface area contributed by atoms with Crippen molar-refractivity contribution in [3.05, 3.63) is 23.8 Å². The van der Waals surface area contributed by atoms with Crippen LogP contribution in [0.3, 0.4) is 0 Å². The fraction of sp³-hybridized carbons (Fsp3) is 0.759. The molecule has 1 fully saturated rings. The number of Topliss-reactive ketones (excluding diaryl/α,β-unsaturated/α-hetero) is 1. The lowest BCUT2D eigenvalue weighted by Crippen LogP contribution is -2.46. The predicted octanol–water partition coefficient (Wildman–Crippen LogP) is 6.60. The lowest BCUT2D eigenvalue weighted by molar-refractivity contribution is 0.0876. The molecule has 194 valence electrons. The Morgan fingerprint density at radius 2 is 1.26 bits per heavy atom. The number of ketones is 1. The Morgan fingerprint density at radius 3 is 1.85 bits per heavy atom. The van der Waals surface area contributed by atoms with E-state index in [1.807, 2.05) is 18.2 Å². The number of benzene rings is 1. The van der Waals surface area contributed by atoms with Gasteiger partial charge in [0.05, 0.1) is 19.8 Å². The Bertz CT molecular complexity index is 671. The van der Waals surface area contributed by atoms with Gasteiger partial charge >= 0.3 is 0 Å². The van der Waals surface area contributed by atoms with Gasteiger partial charge in [0, 0.05) is 31.7 Å². The van der Waals surface area contributed by atoms with Crippen LogP contribution in [0.2, 0.25) is 0 Å². The summed E-state index contributed by atoms with van der Waals surface area (Å²) < 4.78 is 12.2. The van der Waals surface area contributed by atoms with Crippen LogP contribution < -0.4 is 9.47 Å². The maximum Gasteiger partial charge on any atom is 0.176 e. The van der Waals surface area contributed by atoms with E-state index in [0.29, 0.717) is 19.8 Å². The highest BCUT2D eigenvalue weighted by Crippen LogP contribution is 2.29. The first kappa shape index (κ1) is 28.6. The van der Waals surface area contributed by atoms with Crippen LogP contribution in [0.5, 0.6) is 11.5 Å². The highest BCUT2D eigenvalue weighted by Gasteiger charge is 2.19. The second-order valence-corrected chi connectivity index (χ2v) is 9.90. The lowest BCUT2D eigenvalue weighted by atomic mass is 10.1. The van der Waals surface area contributed by atoms with Crippen LogP contribution >= 0.6 is 0 Å². The number of carbonyl (C=O) groups excluding carboxylic acids is 1. The third-order valence-electron chi connectivity index (χ3n) is 6.74. The zero-order chi connectivity index (χ0) is 24.4. The Labute approximate surface area is 209 Å². The molecule has 0 unspecified atom stereocenters.